The van der Waals surface area contributed by atoms with E-state index in [0.717, 1.165) is 5.56 Å². The van der Waals surface area contributed by atoms with Gasteiger partial charge in [0.25, 0.3) is 5.91 Å². The van der Waals surface area contributed by atoms with E-state index in [1.165, 1.54) is 24.1 Å². The number of amides is 1. The number of halogens is 1. The fraction of sp³-hybridized carbons (Fsp3) is 0.333. The second-order valence-electron chi connectivity index (χ2n) is 5.38. The van der Waals surface area contributed by atoms with Crippen LogP contribution in [0.15, 0.2) is 29.0 Å². The number of likely N-dealkylation sites (N-methyl/N-ethyl adjacent to an activating group) is 1. The highest BCUT2D eigenvalue weighted by atomic mass is 35.5. The van der Waals surface area contributed by atoms with Crippen molar-refractivity contribution in [1.29, 1.82) is 0 Å². The standard InChI is InChI=1S/C18H20ClNO5S/c1-4-24-17-14(19)7-13(8-15(17)23-3)18(22)25-10-16(21)20(2)9-12-5-6-26-11-12/h5-8,11H,4,9-10H2,1-3H3. The molecular formula is C18H20ClNO5S. The Morgan fingerprint density at radius 2 is 2.08 bits per heavy atom. The number of thiophene rings is 1. The molecule has 0 atom stereocenters. The number of esters is 1. The van der Waals surface area contributed by atoms with Crippen LogP contribution in [0.5, 0.6) is 11.5 Å². The first-order valence-electron chi connectivity index (χ1n) is 7.88. The maximum atomic E-state index is 12.2. The molecule has 1 aromatic carbocycles. The van der Waals surface area contributed by atoms with Crippen molar-refractivity contribution in [2.45, 2.75) is 13.5 Å². The molecule has 0 spiro atoms. The van der Waals surface area contributed by atoms with Gasteiger partial charge in [0.1, 0.15) is 0 Å². The minimum Gasteiger partial charge on any atom is -0.493 e. The lowest BCUT2D eigenvalue weighted by atomic mass is 10.2. The van der Waals surface area contributed by atoms with Crippen molar-refractivity contribution >= 4 is 34.8 Å². The summed E-state index contributed by atoms with van der Waals surface area (Å²) in [6, 6.07) is 4.84. The number of hydrogen-bond acceptors (Lipinski definition) is 6. The van der Waals surface area contributed by atoms with Crippen LogP contribution in [0.25, 0.3) is 0 Å². The molecule has 26 heavy (non-hydrogen) atoms. The summed E-state index contributed by atoms with van der Waals surface area (Å²) in [6.45, 7) is 2.33. The molecule has 0 saturated carbocycles. The van der Waals surface area contributed by atoms with Crippen molar-refractivity contribution in [3.8, 4) is 11.5 Å². The smallest absolute Gasteiger partial charge is 0.338 e. The van der Waals surface area contributed by atoms with Crippen molar-refractivity contribution in [3.05, 3.63) is 45.1 Å². The van der Waals surface area contributed by atoms with Gasteiger partial charge in [-0.1, -0.05) is 11.6 Å². The fourth-order valence-corrected chi connectivity index (χ4v) is 3.11. The molecule has 2 rings (SSSR count). The summed E-state index contributed by atoms with van der Waals surface area (Å²) in [5.41, 5.74) is 1.21. The van der Waals surface area contributed by atoms with Gasteiger partial charge >= 0.3 is 5.97 Å². The second kappa shape index (κ2) is 9.45. The van der Waals surface area contributed by atoms with Gasteiger partial charge in [0.2, 0.25) is 0 Å². The van der Waals surface area contributed by atoms with Crippen LogP contribution >= 0.6 is 22.9 Å². The Balaban J connectivity index is 1.98. The molecule has 1 amide bonds. The molecule has 0 bridgehead atoms. The summed E-state index contributed by atoms with van der Waals surface area (Å²) in [5.74, 6) is -0.272. The van der Waals surface area contributed by atoms with Crippen LogP contribution in [0.3, 0.4) is 0 Å². The van der Waals surface area contributed by atoms with Gasteiger partial charge in [-0.3, -0.25) is 4.79 Å². The van der Waals surface area contributed by atoms with Crippen LogP contribution in [0.1, 0.15) is 22.8 Å². The Bertz CT molecular complexity index is 763. The number of hydrogen-bond donors (Lipinski definition) is 0. The summed E-state index contributed by atoms with van der Waals surface area (Å²) in [7, 11) is 3.11. The topological polar surface area (TPSA) is 65.1 Å². The normalized spacial score (nSPS) is 10.3. The number of rotatable bonds is 8. The minimum atomic E-state index is -0.662. The zero-order valence-corrected chi connectivity index (χ0v) is 16.4. The molecule has 140 valence electrons. The van der Waals surface area contributed by atoms with Gasteiger partial charge in [0, 0.05) is 13.6 Å². The molecule has 0 fully saturated rings. The average Bonchev–Trinajstić information content (AvgIpc) is 3.13. The van der Waals surface area contributed by atoms with E-state index in [0.29, 0.717) is 24.7 Å². The van der Waals surface area contributed by atoms with Gasteiger partial charge in [0.15, 0.2) is 18.1 Å². The van der Waals surface area contributed by atoms with E-state index in [2.05, 4.69) is 0 Å². The number of benzene rings is 1. The monoisotopic (exact) mass is 397 g/mol. The van der Waals surface area contributed by atoms with Crippen LogP contribution in [0.2, 0.25) is 5.02 Å². The molecule has 0 saturated heterocycles. The van der Waals surface area contributed by atoms with Gasteiger partial charge in [0.05, 0.1) is 24.3 Å². The zero-order valence-electron chi connectivity index (χ0n) is 14.8. The summed E-state index contributed by atoms with van der Waals surface area (Å²) in [6.07, 6.45) is 0. The Hall–Kier alpha value is -2.25. The van der Waals surface area contributed by atoms with Gasteiger partial charge in [-0.25, -0.2) is 4.79 Å². The number of ether oxygens (including phenoxy) is 3. The first kappa shape index (κ1) is 20.1. The van der Waals surface area contributed by atoms with Crippen LogP contribution in [-0.4, -0.2) is 44.1 Å². The van der Waals surface area contributed by atoms with E-state index in [9.17, 15) is 9.59 Å². The van der Waals surface area contributed by atoms with E-state index in [-0.39, 0.29) is 23.1 Å². The van der Waals surface area contributed by atoms with Crippen LogP contribution in [-0.2, 0) is 16.1 Å². The second-order valence-corrected chi connectivity index (χ2v) is 6.57. The fourth-order valence-electron chi connectivity index (χ4n) is 2.19. The number of methoxy groups -OCH3 is 1. The molecule has 0 aliphatic carbocycles. The predicted molar refractivity (Wildman–Crippen MR) is 100 cm³/mol. The van der Waals surface area contributed by atoms with E-state index < -0.39 is 5.97 Å². The largest absolute Gasteiger partial charge is 0.493 e. The van der Waals surface area contributed by atoms with Gasteiger partial charge in [-0.05, 0) is 41.4 Å². The van der Waals surface area contributed by atoms with Crippen LogP contribution < -0.4 is 9.47 Å². The highest BCUT2D eigenvalue weighted by Gasteiger charge is 2.18. The Labute approximate surface area is 161 Å². The maximum absolute atomic E-state index is 12.2. The predicted octanol–water partition coefficient (Wildman–Crippen LogP) is 3.62. The number of carbonyl (C=O) groups is 2. The summed E-state index contributed by atoms with van der Waals surface area (Å²) in [4.78, 5) is 25.8. The molecule has 1 aromatic heterocycles. The van der Waals surface area contributed by atoms with E-state index >= 15 is 0 Å². The average molecular weight is 398 g/mol. The van der Waals surface area contributed by atoms with E-state index in [4.69, 9.17) is 25.8 Å². The number of nitrogens with zero attached hydrogens (tertiary/aromatic N) is 1. The molecule has 2 aromatic rings. The third-order valence-electron chi connectivity index (χ3n) is 3.51. The molecule has 0 aliphatic rings. The third-order valence-corrected chi connectivity index (χ3v) is 4.52. The summed E-state index contributed by atoms with van der Waals surface area (Å²) in [5, 5.41) is 4.14. The van der Waals surface area contributed by atoms with Gasteiger partial charge in [-0.2, -0.15) is 11.3 Å². The molecular weight excluding hydrogens is 378 g/mol. The van der Waals surface area contributed by atoms with Crippen molar-refractivity contribution in [2.75, 3.05) is 27.4 Å². The molecule has 0 unspecified atom stereocenters. The van der Waals surface area contributed by atoms with Crippen molar-refractivity contribution in [2.24, 2.45) is 0 Å². The highest BCUT2D eigenvalue weighted by Crippen LogP contribution is 2.36. The summed E-state index contributed by atoms with van der Waals surface area (Å²) < 4.78 is 15.7. The molecule has 0 aliphatic heterocycles. The third kappa shape index (κ3) is 5.12. The first-order valence-corrected chi connectivity index (χ1v) is 9.20. The van der Waals surface area contributed by atoms with Gasteiger partial charge < -0.3 is 19.1 Å². The van der Waals surface area contributed by atoms with Crippen LogP contribution in [0.4, 0.5) is 0 Å². The molecule has 6 nitrogen and oxygen atoms in total. The molecule has 8 heteroatoms. The SMILES string of the molecule is CCOc1c(Cl)cc(C(=O)OCC(=O)N(C)Cc2ccsc2)cc1OC. The lowest BCUT2D eigenvalue weighted by molar-refractivity contribution is -0.133. The lowest BCUT2D eigenvalue weighted by Gasteiger charge is -2.17. The number of carbonyl (C=O) groups excluding carboxylic acids is 2. The summed E-state index contributed by atoms with van der Waals surface area (Å²) >= 11 is 7.70. The lowest BCUT2D eigenvalue weighted by Crippen LogP contribution is -2.30. The van der Waals surface area contributed by atoms with E-state index in [1.807, 2.05) is 23.8 Å². The molecule has 1 heterocycles. The van der Waals surface area contributed by atoms with Crippen molar-refractivity contribution < 1.29 is 23.8 Å². The van der Waals surface area contributed by atoms with Crippen molar-refractivity contribution in [3.63, 3.8) is 0 Å². The van der Waals surface area contributed by atoms with Gasteiger partial charge in [-0.15, -0.1) is 0 Å². The Kier molecular flexibility index (Phi) is 7.29. The Morgan fingerprint density at radius 1 is 1.31 bits per heavy atom. The quantitative estimate of drug-likeness (QED) is 0.636. The first-order chi connectivity index (χ1) is 12.5. The van der Waals surface area contributed by atoms with Crippen molar-refractivity contribution in [1.82, 2.24) is 4.90 Å². The van der Waals surface area contributed by atoms with Crippen LogP contribution in [0, 0.1) is 0 Å². The molecule has 0 N–H and O–H groups in total. The van der Waals surface area contributed by atoms with E-state index in [1.54, 1.807) is 18.4 Å². The minimum absolute atomic E-state index is 0.184. The zero-order chi connectivity index (χ0) is 19.1. The maximum Gasteiger partial charge on any atom is 0.338 e. The molecule has 0 radical (unpaired) electrons. The highest BCUT2D eigenvalue weighted by molar-refractivity contribution is 7.07. The Morgan fingerprint density at radius 3 is 2.69 bits per heavy atom.